The van der Waals surface area contributed by atoms with Crippen molar-refractivity contribution in [1.82, 2.24) is 0 Å². The molecule has 5 nitrogen and oxygen atoms in total. The molecule has 0 rings (SSSR count). The predicted molar refractivity (Wildman–Crippen MR) is 92.8 cm³/mol. The number of allylic oxidation sites excluding steroid dienone is 5. The molecule has 0 saturated carbocycles. The van der Waals surface area contributed by atoms with E-state index in [0.29, 0.717) is 19.3 Å². The van der Waals surface area contributed by atoms with Crippen LogP contribution >= 0.6 is 0 Å². The van der Waals surface area contributed by atoms with Crippen LogP contribution in [0.4, 0.5) is 0 Å². The van der Waals surface area contributed by atoms with Crippen molar-refractivity contribution in [2.75, 3.05) is 0 Å². The van der Waals surface area contributed by atoms with Gasteiger partial charge in [0.2, 0.25) is 5.70 Å². The molecule has 5 heteroatoms. The summed E-state index contributed by atoms with van der Waals surface area (Å²) in [5, 5.41) is 19.5. The fourth-order valence-electron chi connectivity index (χ4n) is 2.02. The molecule has 0 fully saturated rings. The molecule has 0 bridgehead atoms. The van der Waals surface area contributed by atoms with Gasteiger partial charge in [0.1, 0.15) is 0 Å². The van der Waals surface area contributed by atoms with Gasteiger partial charge in [0.25, 0.3) is 0 Å². The molecular weight excluding hydrogens is 294 g/mol. The highest BCUT2D eigenvalue weighted by atomic mass is 16.6. The quantitative estimate of drug-likeness (QED) is 0.204. The summed E-state index contributed by atoms with van der Waals surface area (Å²) in [6.45, 7) is 2.16. The average Bonchev–Trinajstić information content (AvgIpc) is 2.50. The molecular formula is C18H29NO4. The number of nitrogens with zero attached hydrogens (tertiary/aromatic N) is 1. The van der Waals surface area contributed by atoms with Crippen molar-refractivity contribution in [2.24, 2.45) is 0 Å². The minimum absolute atomic E-state index is 0.179. The van der Waals surface area contributed by atoms with Crippen molar-refractivity contribution < 1.29 is 14.8 Å². The van der Waals surface area contributed by atoms with Crippen LogP contribution in [0.2, 0.25) is 0 Å². The Morgan fingerprint density at radius 3 is 2.30 bits per heavy atom. The molecule has 0 aromatic heterocycles. The van der Waals surface area contributed by atoms with Crippen LogP contribution in [0.1, 0.15) is 71.1 Å². The molecule has 0 unspecified atom stereocenters. The van der Waals surface area contributed by atoms with Crippen molar-refractivity contribution >= 4 is 5.97 Å². The summed E-state index contributed by atoms with van der Waals surface area (Å²) >= 11 is 0. The molecule has 0 heterocycles. The Morgan fingerprint density at radius 1 is 1.04 bits per heavy atom. The molecule has 0 atom stereocenters. The topological polar surface area (TPSA) is 80.4 Å². The third-order valence-corrected chi connectivity index (χ3v) is 3.37. The maximum absolute atomic E-state index is 11.0. The second-order valence-corrected chi connectivity index (χ2v) is 5.47. The van der Waals surface area contributed by atoms with E-state index in [2.05, 4.69) is 13.0 Å². The highest BCUT2D eigenvalue weighted by Gasteiger charge is 2.06. The number of carbonyl (C=O) groups is 1. The fourth-order valence-corrected chi connectivity index (χ4v) is 2.02. The van der Waals surface area contributed by atoms with E-state index in [1.165, 1.54) is 19.3 Å². The summed E-state index contributed by atoms with van der Waals surface area (Å²) < 4.78 is 0. The lowest BCUT2D eigenvalue weighted by Crippen LogP contribution is -1.97. The molecule has 1 N–H and O–H groups in total. The Morgan fingerprint density at radius 2 is 1.70 bits per heavy atom. The molecule has 0 aromatic rings. The van der Waals surface area contributed by atoms with Crippen LogP contribution in [0.15, 0.2) is 36.1 Å². The SMILES string of the molecule is CCCCC/C=C/C/C=C(/C/C=C\CCCCC(=O)O)[N+](=O)[O-]. The van der Waals surface area contributed by atoms with Gasteiger partial charge in [-0.1, -0.05) is 44.1 Å². The van der Waals surface area contributed by atoms with Gasteiger partial charge in [-0.2, -0.15) is 0 Å². The van der Waals surface area contributed by atoms with Crippen molar-refractivity contribution in [3.05, 3.63) is 46.2 Å². The molecule has 130 valence electrons. The number of hydrogen-bond donors (Lipinski definition) is 1. The van der Waals surface area contributed by atoms with E-state index in [1.807, 2.05) is 12.2 Å². The summed E-state index contributed by atoms with van der Waals surface area (Å²) in [6, 6.07) is 0. The van der Waals surface area contributed by atoms with Crippen LogP contribution in [-0.4, -0.2) is 16.0 Å². The minimum Gasteiger partial charge on any atom is -0.481 e. The lowest BCUT2D eigenvalue weighted by molar-refractivity contribution is -0.427. The van der Waals surface area contributed by atoms with E-state index >= 15 is 0 Å². The lowest BCUT2D eigenvalue weighted by Gasteiger charge is -1.95. The van der Waals surface area contributed by atoms with Gasteiger partial charge in [-0.05, 0) is 44.6 Å². The number of aliphatic carboxylic acids is 1. The molecule has 0 aliphatic rings. The second-order valence-electron chi connectivity index (χ2n) is 5.47. The zero-order chi connectivity index (χ0) is 17.3. The van der Waals surface area contributed by atoms with E-state index in [-0.39, 0.29) is 17.0 Å². The van der Waals surface area contributed by atoms with Crippen LogP contribution in [0, 0.1) is 10.1 Å². The first-order chi connectivity index (χ1) is 11.1. The number of carboxylic acid groups (broad SMARTS) is 1. The molecule has 0 radical (unpaired) electrons. The molecule has 0 spiro atoms. The summed E-state index contributed by atoms with van der Waals surface area (Å²) in [5.74, 6) is -0.782. The number of nitro groups is 1. The predicted octanol–water partition coefficient (Wildman–Crippen LogP) is 5.26. The smallest absolute Gasteiger partial charge is 0.303 e. The van der Waals surface area contributed by atoms with Crippen molar-refractivity contribution in [1.29, 1.82) is 0 Å². The van der Waals surface area contributed by atoms with Crippen molar-refractivity contribution in [2.45, 2.75) is 71.1 Å². The van der Waals surface area contributed by atoms with Crippen LogP contribution in [0.5, 0.6) is 0 Å². The van der Waals surface area contributed by atoms with Gasteiger partial charge in [0.15, 0.2) is 0 Å². The zero-order valence-corrected chi connectivity index (χ0v) is 14.1. The summed E-state index contributed by atoms with van der Waals surface area (Å²) in [4.78, 5) is 21.0. The average molecular weight is 323 g/mol. The first-order valence-corrected chi connectivity index (χ1v) is 8.43. The minimum atomic E-state index is -0.782. The second kappa shape index (κ2) is 15.0. The molecule has 0 aliphatic heterocycles. The molecule has 0 amide bonds. The Labute approximate surface area is 138 Å². The largest absolute Gasteiger partial charge is 0.481 e. The van der Waals surface area contributed by atoms with Gasteiger partial charge in [-0.15, -0.1) is 0 Å². The van der Waals surface area contributed by atoms with E-state index in [1.54, 1.807) is 12.2 Å². The Kier molecular flexibility index (Phi) is 13.8. The Bertz CT molecular complexity index is 425. The van der Waals surface area contributed by atoms with Crippen molar-refractivity contribution in [3.63, 3.8) is 0 Å². The molecule has 0 aliphatic carbocycles. The number of hydrogen-bond acceptors (Lipinski definition) is 3. The van der Waals surface area contributed by atoms with Crippen LogP contribution in [0.25, 0.3) is 0 Å². The lowest BCUT2D eigenvalue weighted by atomic mass is 10.1. The van der Waals surface area contributed by atoms with Gasteiger partial charge in [0, 0.05) is 6.42 Å². The third kappa shape index (κ3) is 14.8. The molecule has 0 saturated heterocycles. The fraction of sp³-hybridized carbons (Fsp3) is 0.611. The van der Waals surface area contributed by atoms with E-state index in [4.69, 9.17) is 5.11 Å². The highest BCUT2D eigenvalue weighted by Crippen LogP contribution is 2.08. The van der Waals surface area contributed by atoms with Crippen LogP contribution in [0.3, 0.4) is 0 Å². The highest BCUT2D eigenvalue weighted by molar-refractivity contribution is 5.66. The number of unbranched alkanes of at least 4 members (excludes halogenated alkanes) is 5. The van der Waals surface area contributed by atoms with Crippen LogP contribution in [-0.2, 0) is 4.79 Å². The Hall–Kier alpha value is -1.91. The monoisotopic (exact) mass is 323 g/mol. The van der Waals surface area contributed by atoms with Gasteiger partial charge >= 0.3 is 5.97 Å². The number of rotatable bonds is 14. The third-order valence-electron chi connectivity index (χ3n) is 3.37. The first kappa shape index (κ1) is 21.1. The number of carboxylic acids is 1. The van der Waals surface area contributed by atoms with Gasteiger partial charge < -0.3 is 5.11 Å². The molecule has 23 heavy (non-hydrogen) atoms. The van der Waals surface area contributed by atoms with Gasteiger partial charge in [-0.25, -0.2) is 0 Å². The zero-order valence-electron chi connectivity index (χ0n) is 14.1. The standard InChI is InChI=1S/C18H29NO4/c1-2-3-4-5-6-8-11-14-17(19(22)23)15-12-9-7-10-13-16-18(20)21/h6,8-9,12,14H,2-5,7,10-11,13,15-16H2,1H3,(H,20,21)/b8-6+,12-9-,17-14-. The maximum Gasteiger partial charge on any atom is 0.303 e. The van der Waals surface area contributed by atoms with E-state index in [9.17, 15) is 14.9 Å². The van der Waals surface area contributed by atoms with Gasteiger partial charge in [-0.3, -0.25) is 14.9 Å². The van der Waals surface area contributed by atoms with Gasteiger partial charge in [0.05, 0.1) is 11.3 Å². The maximum atomic E-state index is 11.0. The summed E-state index contributed by atoms with van der Waals surface area (Å²) in [6.07, 6.45) is 17.3. The summed E-state index contributed by atoms with van der Waals surface area (Å²) in [5.41, 5.74) is 0.213. The normalized spacial score (nSPS) is 12.3. The van der Waals surface area contributed by atoms with Crippen LogP contribution < -0.4 is 0 Å². The van der Waals surface area contributed by atoms with E-state index in [0.717, 1.165) is 19.3 Å². The van der Waals surface area contributed by atoms with Crippen molar-refractivity contribution in [3.8, 4) is 0 Å². The van der Waals surface area contributed by atoms with E-state index < -0.39 is 5.97 Å². The first-order valence-electron chi connectivity index (χ1n) is 8.43. The molecule has 0 aromatic carbocycles. The Balaban J connectivity index is 3.99. The summed E-state index contributed by atoms with van der Waals surface area (Å²) in [7, 11) is 0.